The highest BCUT2D eigenvalue weighted by Gasteiger charge is 2.39. The van der Waals surface area contributed by atoms with Crippen molar-refractivity contribution in [3.8, 4) is 5.75 Å². The number of nitrogens with one attached hydrogen (secondary N) is 1. The van der Waals surface area contributed by atoms with Crippen molar-refractivity contribution in [1.29, 1.82) is 0 Å². The molecule has 3 amide bonds. The third-order valence-corrected chi connectivity index (χ3v) is 6.52. The molecule has 2 aliphatic heterocycles. The van der Waals surface area contributed by atoms with Crippen LogP contribution in [0.4, 0.5) is 0 Å². The highest BCUT2D eigenvalue weighted by molar-refractivity contribution is 6.05. The third kappa shape index (κ3) is 3.88. The fourth-order valence-corrected chi connectivity index (χ4v) is 4.75. The first-order valence-corrected chi connectivity index (χ1v) is 10.6. The van der Waals surface area contributed by atoms with Gasteiger partial charge in [-0.3, -0.25) is 19.7 Å². The molecule has 1 saturated carbocycles. The Morgan fingerprint density at radius 2 is 1.97 bits per heavy atom. The Morgan fingerprint density at radius 3 is 2.72 bits per heavy atom. The molecular formula is C22H29N3O4. The van der Waals surface area contributed by atoms with Crippen LogP contribution in [0.3, 0.4) is 0 Å². The molecule has 29 heavy (non-hydrogen) atoms. The molecule has 1 saturated heterocycles. The lowest BCUT2D eigenvalue weighted by Gasteiger charge is -2.37. The zero-order chi connectivity index (χ0) is 20.5. The minimum absolute atomic E-state index is 0.148. The minimum Gasteiger partial charge on any atom is -0.489 e. The minimum atomic E-state index is -0.585. The average molecular weight is 399 g/mol. The summed E-state index contributed by atoms with van der Waals surface area (Å²) >= 11 is 0. The number of imide groups is 1. The van der Waals surface area contributed by atoms with Crippen LogP contribution in [0, 0.1) is 0 Å². The van der Waals surface area contributed by atoms with Gasteiger partial charge in [0, 0.05) is 24.6 Å². The van der Waals surface area contributed by atoms with Crippen LogP contribution >= 0.6 is 0 Å². The number of carbonyl (C=O) groups excluding carboxylic acids is 3. The first-order chi connectivity index (χ1) is 14.0. The number of nitrogens with zero attached hydrogens (tertiary/aromatic N) is 2. The zero-order valence-corrected chi connectivity index (χ0v) is 17.1. The second-order valence-corrected chi connectivity index (χ2v) is 8.30. The van der Waals surface area contributed by atoms with E-state index in [1.165, 1.54) is 12.8 Å². The zero-order valence-electron chi connectivity index (χ0n) is 17.1. The number of hydrogen-bond donors (Lipinski definition) is 1. The van der Waals surface area contributed by atoms with E-state index in [1.54, 1.807) is 11.0 Å². The van der Waals surface area contributed by atoms with Crippen LogP contribution in [0.2, 0.25) is 0 Å². The monoisotopic (exact) mass is 399 g/mol. The Balaban J connectivity index is 1.48. The molecular weight excluding hydrogens is 370 g/mol. The van der Waals surface area contributed by atoms with Gasteiger partial charge in [-0.25, -0.2) is 0 Å². The standard InChI is InChI=1S/C22H29N3O4/c1-3-24(2)17-6-4-5-7-19(17)29-15-8-9-16-14(12-15)13-25(22(16)28)18-10-11-20(26)23-21(18)27/h8-9,12,17-19H,3-7,10-11,13H2,1-2H3,(H,23,26,27). The maximum absolute atomic E-state index is 12.8. The SMILES string of the molecule is CCN(C)C1CCCCC1Oc1ccc2c(c1)CN(C1CCC(=O)NC1=O)C2=O. The summed E-state index contributed by atoms with van der Waals surface area (Å²) in [5, 5.41) is 2.34. The molecule has 1 aromatic carbocycles. The summed E-state index contributed by atoms with van der Waals surface area (Å²) in [4.78, 5) is 40.3. The fourth-order valence-electron chi connectivity index (χ4n) is 4.75. The number of amides is 3. The molecule has 1 aliphatic carbocycles. The Bertz CT molecular complexity index is 824. The van der Waals surface area contributed by atoms with Gasteiger partial charge in [-0.2, -0.15) is 0 Å². The number of ether oxygens (including phenoxy) is 1. The Kier molecular flexibility index (Phi) is 5.58. The van der Waals surface area contributed by atoms with Crippen LogP contribution in [0.15, 0.2) is 18.2 Å². The summed E-state index contributed by atoms with van der Waals surface area (Å²) in [6.07, 6.45) is 5.37. The summed E-state index contributed by atoms with van der Waals surface area (Å²) in [5.74, 6) is -0.0258. The third-order valence-electron chi connectivity index (χ3n) is 6.52. The molecule has 0 spiro atoms. The lowest BCUT2D eigenvalue weighted by Crippen LogP contribution is -2.52. The van der Waals surface area contributed by atoms with E-state index >= 15 is 0 Å². The molecule has 2 fully saturated rings. The predicted molar refractivity (Wildman–Crippen MR) is 107 cm³/mol. The topological polar surface area (TPSA) is 79.0 Å². The number of fused-ring (bicyclic) bond motifs is 1. The molecule has 7 nitrogen and oxygen atoms in total. The molecule has 1 N–H and O–H groups in total. The van der Waals surface area contributed by atoms with Gasteiger partial charge < -0.3 is 14.5 Å². The van der Waals surface area contributed by atoms with E-state index in [1.807, 2.05) is 12.1 Å². The molecule has 3 unspecified atom stereocenters. The number of rotatable bonds is 5. The van der Waals surface area contributed by atoms with E-state index in [0.717, 1.165) is 30.7 Å². The molecule has 3 atom stereocenters. The number of hydrogen-bond acceptors (Lipinski definition) is 5. The van der Waals surface area contributed by atoms with E-state index in [2.05, 4.69) is 24.2 Å². The van der Waals surface area contributed by atoms with Crippen molar-refractivity contribution in [3.05, 3.63) is 29.3 Å². The molecule has 4 rings (SSSR count). The molecule has 156 valence electrons. The van der Waals surface area contributed by atoms with Crippen LogP contribution in [0.5, 0.6) is 5.75 Å². The highest BCUT2D eigenvalue weighted by Crippen LogP contribution is 2.32. The molecule has 0 bridgehead atoms. The van der Waals surface area contributed by atoms with Crippen molar-refractivity contribution in [2.45, 2.75) is 70.2 Å². The van der Waals surface area contributed by atoms with E-state index in [-0.39, 0.29) is 30.2 Å². The first-order valence-electron chi connectivity index (χ1n) is 10.6. The number of likely N-dealkylation sites (N-methyl/N-ethyl adjacent to an activating group) is 1. The van der Waals surface area contributed by atoms with Gasteiger partial charge >= 0.3 is 0 Å². The molecule has 0 aromatic heterocycles. The van der Waals surface area contributed by atoms with Gasteiger partial charge in [0.25, 0.3) is 5.91 Å². The maximum Gasteiger partial charge on any atom is 0.255 e. The largest absolute Gasteiger partial charge is 0.489 e. The van der Waals surface area contributed by atoms with Gasteiger partial charge in [-0.15, -0.1) is 0 Å². The molecule has 7 heteroatoms. The van der Waals surface area contributed by atoms with Gasteiger partial charge in [0.2, 0.25) is 11.8 Å². The molecule has 1 aromatic rings. The van der Waals surface area contributed by atoms with E-state index in [9.17, 15) is 14.4 Å². The summed E-state index contributed by atoms with van der Waals surface area (Å²) in [5.41, 5.74) is 1.50. The lowest BCUT2D eigenvalue weighted by atomic mass is 9.91. The quantitative estimate of drug-likeness (QED) is 0.767. The summed E-state index contributed by atoms with van der Waals surface area (Å²) < 4.78 is 6.37. The molecule has 3 aliphatic rings. The van der Waals surface area contributed by atoms with Crippen molar-refractivity contribution in [1.82, 2.24) is 15.1 Å². The first kappa shape index (κ1) is 19.9. The van der Waals surface area contributed by atoms with Crippen molar-refractivity contribution < 1.29 is 19.1 Å². The number of benzene rings is 1. The van der Waals surface area contributed by atoms with E-state index in [4.69, 9.17) is 4.74 Å². The van der Waals surface area contributed by atoms with Crippen molar-refractivity contribution in [2.75, 3.05) is 13.6 Å². The van der Waals surface area contributed by atoms with Crippen LogP contribution in [-0.2, 0) is 16.1 Å². The highest BCUT2D eigenvalue weighted by atomic mass is 16.5. The Labute approximate surface area is 171 Å². The van der Waals surface area contributed by atoms with Crippen molar-refractivity contribution in [2.24, 2.45) is 0 Å². The normalized spacial score (nSPS) is 27.2. The predicted octanol–water partition coefficient (Wildman–Crippen LogP) is 2.09. The Hall–Kier alpha value is -2.41. The van der Waals surface area contributed by atoms with E-state index < -0.39 is 6.04 Å². The summed E-state index contributed by atoms with van der Waals surface area (Å²) in [7, 11) is 2.14. The molecule has 2 heterocycles. The van der Waals surface area contributed by atoms with Gasteiger partial charge in [0.05, 0.1) is 0 Å². The second-order valence-electron chi connectivity index (χ2n) is 8.30. The van der Waals surface area contributed by atoms with E-state index in [0.29, 0.717) is 24.6 Å². The summed E-state index contributed by atoms with van der Waals surface area (Å²) in [6.45, 7) is 3.53. The van der Waals surface area contributed by atoms with Crippen LogP contribution in [0.1, 0.15) is 61.4 Å². The number of carbonyl (C=O) groups is 3. The summed E-state index contributed by atoms with van der Waals surface area (Å²) in [6, 6.07) is 5.43. The van der Waals surface area contributed by atoms with Gasteiger partial charge in [-0.1, -0.05) is 13.3 Å². The van der Waals surface area contributed by atoms with Crippen molar-refractivity contribution >= 4 is 17.7 Å². The number of piperidine rings is 1. The van der Waals surface area contributed by atoms with Crippen LogP contribution in [0.25, 0.3) is 0 Å². The van der Waals surface area contributed by atoms with Gasteiger partial charge in [-0.05, 0) is 63.0 Å². The van der Waals surface area contributed by atoms with Gasteiger partial charge in [0.1, 0.15) is 17.9 Å². The maximum atomic E-state index is 12.8. The second kappa shape index (κ2) is 8.14. The Morgan fingerprint density at radius 1 is 1.17 bits per heavy atom. The van der Waals surface area contributed by atoms with Gasteiger partial charge in [0.15, 0.2) is 0 Å². The smallest absolute Gasteiger partial charge is 0.255 e. The molecule has 0 radical (unpaired) electrons. The van der Waals surface area contributed by atoms with Crippen LogP contribution < -0.4 is 10.1 Å². The van der Waals surface area contributed by atoms with Crippen LogP contribution in [-0.4, -0.2) is 59.3 Å². The van der Waals surface area contributed by atoms with Crippen molar-refractivity contribution in [3.63, 3.8) is 0 Å². The fraction of sp³-hybridized carbons (Fsp3) is 0.591. The average Bonchev–Trinajstić information content (AvgIpc) is 3.03. The lowest BCUT2D eigenvalue weighted by molar-refractivity contribution is -0.136.